The van der Waals surface area contributed by atoms with Gasteiger partial charge in [-0.15, -0.1) is 0 Å². The molecule has 0 amide bonds. The van der Waals surface area contributed by atoms with Crippen LogP contribution in [0, 0.1) is 0 Å². The molecule has 112 valence electrons. The summed E-state index contributed by atoms with van der Waals surface area (Å²) in [5.41, 5.74) is 2.25. The van der Waals surface area contributed by atoms with Gasteiger partial charge in [0.2, 0.25) is 0 Å². The highest BCUT2D eigenvalue weighted by Crippen LogP contribution is 2.28. The van der Waals surface area contributed by atoms with Crippen LogP contribution in [0.3, 0.4) is 0 Å². The van der Waals surface area contributed by atoms with E-state index in [1.54, 1.807) is 0 Å². The van der Waals surface area contributed by atoms with Crippen molar-refractivity contribution in [2.75, 3.05) is 13.2 Å². The second-order valence-electron chi connectivity index (χ2n) is 5.59. The molecule has 2 atom stereocenters. The first-order valence-corrected chi connectivity index (χ1v) is 7.82. The summed E-state index contributed by atoms with van der Waals surface area (Å²) in [6.07, 6.45) is 7.48. The van der Waals surface area contributed by atoms with Crippen LogP contribution in [0.25, 0.3) is 5.69 Å². The molecule has 1 aliphatic heterocycles. The van der Waals surface area contributed by atoms with Crippen LogP contribution in [-0.4, -0.2) is 29.0 Å². The molecule has 0 bridgehead atoms. The molecule has 1 aromatic carbocycles. The molecule has 1 aromatic heterocycles. The van der Waals surface area contributed by atoms with E-state index >= 15 is 0 Å². The molecular weight excluding hydrogens is 262 g/mol. The maximum Gasteiger partial charge on any atom is 0.0870 e. The Labute approximate surface area is 126 Å². The molecule has 3 rings (SSSR count). The van der Waals surface area contributed by atoms with E-state index in [0.29, 0.717) is 6.04 Å². The average molecular weight is 285 g/mol. The van der Waals surface area contributed by atoms with Crippen molar-refractivity contribution in [3.8, 4) is 5.69 Å². The van der Waals surface area contributed by atoms with Crippen LogP contribution in [0.2, 0.25) is 0 Å². The smallest absolute Gasteiger partial charge is 0.0870 e. The Morgan fingerprint density at radius 1 is 1.33 bits per heavy atom. The molecule has 0 saturated carbocycles. The fourth-order valence-electron chi connectivity index (χ4n) is 2.79. The molecule has 2 aromatic rings. The Morgan fingerprint density at radius 3 is 3.00 bits per heavy atom. The fraction of sp³-hybridized carbons (Fsp3) is 0.471. The monoisotopic (exact) mass is 285 g/mol. The van der Waals surface area contributed by atoms with Crippen LogP contribution in [0.15, 0.2) is 42.7 Å². The number of aromatic nitrogens is 2. The lowest BCUT2D eigenvalue weighted by atomic mass is 9.99. The minimum atomic E-state index is 0.158. The summed E-state index contributed by atoms with van der Waals surface area (Å²) in [5, 5.41) is 8.07. The van der Waals surface area contributed by atoms with E-state index in [2.05, 4.69) is 35.7 Å². The average Bonchev–Trinajstić information content (AvgIpc) is 3.04. The van der Waals surface area contributed by atoms with Crippen LogP contribution in [0.4, 0.5) is 0 Å². The number of hydrogen-bond acceptors (Lipinski definition) is 3. The third-order valence-corrected chi connectivity index (χ3v) is 3.96. The molecule has 0 aliphatic carbocycles. The lowest BCUT2D eigenvalue weighted by Crippen LogP contribution is -2.36. The van der Waals surface area contributed by atoms with Crippen LogP contribution >= 0.6 is 0 Å². The third-order valence-electron chi connectivity index (χ3n) is 3.96. The molecule has 0 radical (unpaired) electrons. The normalized spacial score (nSPS) is 22.3. The van der Waals surface area contributed by atoms with E-state index in [1.165, 1.54) is 12.0 Å². The number of para-hydroxylation sites is 1. The van der Waals surface area contributed by atoms with Gasteiger partial charge in [0.25, 0.3) is 0 Å². The molecular formula is C17H23N3O. The van der Waals surface area contributed by atoms with Crippen LogP contribution in [0.5, 0.6) is 0 Å². The summed E-state index contributed by atoms with van der Waals surface area (Å²) in [6.45, 7) is 4.11. The van der Waals surface area contributed by atoms with Crippen molar-refractivity contribution in [1.82, 2.24) is 15.1 Å². The van der Waals surface area contributed by atoms with Gasteiger partial charge in [0.1, 0.15) is 0 Å². The Balaban J connectivity index is 1.68. The number of rotatable bonds is 5. The zero-order valence-corrected chi connectivity index (χ0v) is 12.5. The highest BCUT2D eigenvalue weighted by molar-refractivity contribution is 5.31. The Bertz CT molecular complexity index is 552. The zero-order valence-electron chi connectivity index (χ0n) is 12.5. The minimum Gasteiger partial charge on any atom is -0.373 e. The molecule has 1 saturated heterocycles. The summed E-state index contributed by atoms with van der Waals surface area (Å²) >= 11 is 0. The summed E-state index contributed by atoms with van der Waals surface area (Å²) in [6, 6.07) is 10.7. The van der Waals surface area contributed by atoms with E-state index in [0.717, 1.165) is 31.7 Å². The fourth-order valence-corrected chi connectivity index (χ4v) is 2.79. The summed E-state index contributed by atoms with van der Waals surface area (Å²) in [4.78, 5) is 0. The SMILES string of the molecule is CCCNC1CCOC(c2cnn(-c3ccccc3)c2)C1. The van der Waals surface area contributed by atoms with E-state index < -0.39 is 0 Å². The van der Waals surface area contributed by atoms with Crippen molar-refractivity contribution in [2.45, 2.75) is 38.3 Å². The molecule has 2 heterocycles. The van der Waals surface area contributed by atoms with Crippen molar-refractivity contribution >= 4 is 0 Å². The Kier molecular flexibility index (Phi) is 4.68. The number of benzene rings is 1. The van der Waals surface area contributed by atoms with E-state index in [9.17, 15) is 0 Å². The number of nitrogens with zero attached hydrogens (tertiary/aromatic N) is 2. The number of ether oxygens (including phenoxy) is 1. The second kappa shape index (κ2) is 6.87. The molecule has 4 nitrogen and oxygen atoms in total. The molecule has 1 N–H and O–H groups in total. The van der Waals surface area contributed by atoms with Gasteiger partial charge in [0, 0.05) is 24.4 Å². The highest BCUT2D eigenvalue weighted by atomic mass is 16.5. The quantitative estimate of drug-likeness (QED) is 0.917. The molecule has 4 heteroatoms. The molecule has 21 heavy (non-hydrogen) atoms. The number of hydrogen-bond donors (Lipinski definition) is 1. The standard InChI is InChI=1S/C17H23N3O/c1-2-9-18-15-8-10-21-17(11-15)14-12-19-20(13-14)16-6-4-3-5-7-16/h3-7,12-13,15,17-18H,2,8-11H2,1H3. The van der Waals surface area contributed by atoms with E-state index in [-0.39, 0.29) is 6.10 Å². The highest BCUT2D eigenvalue weighted by Gasteiger charge is 2.24. The lowest BCUT2D eigenvalue weighted by Gasteiger charge is -2.29. The van der Waals surface area contributed by atoms with Crippen molar-refractivity contribution in [2.24, 2.45) is 0 Å². The van der Waals surface area contributed by atoms with E-state index in [1.807, 2.05) is 29.1 Å². The first-order chi connectivity index (χ1) is 10.4. The van der Waals surface area contributed by atoms with Gasteiger partial charge in [-0.1, -0.05) is 25.1 Å². The van der Waals surface area contributed by atoms with Crippen molar-refractivity contribution in [3.63, 3.8) is 0 Å². The summed E-state index contributed by atoms with van der Waals surface area (Å²) in [5.74, 6) is 0. The molecule has 2 unspecified atom stereocenters. The predicted octanol–water partition coefficient (Wildman–Crippen LogP) is 3.09. The zero-order chi connectivity index (χ0) is 14.5. The van der Waals surface area contributed by atoms with Crippen LogP contribution < -0.4 is 5.32 Å². The second-order valence-corrected chi connectivity index (χ2v) is 5.59. The van der Waals surface area contributed by atoms with Gasteiger partial charge in [-0.25, -0.2) is 4.68 Å². The topological polar surface area (TPSA) is 39.1 Å². The van der Waals surface area contributed by atoms with Gasteiger partial charge >= 0.3 is 0 Å². The Hall–Kier alpha value is -1.65. The molecule has 1 aliphatic rings. The predicted molar refractivity (Wildman–Crippen MR) is 83.6 cm³/mol. The minimum absolute atomic E-state index is 0.158. The van der Waals surface area contributed by atoms with Crippen molar-refractivity contribution in [3.05, 3.63) is 48.3 Å². The molecule has 0 spiro atoms. The van der Waals surface area contributed by atoms with Crippen LogP contribution in [-0.2, 0) is 4.74 Å². The maximum atomic E-state index is 5.93. The van der Waals surface area contributed by atoms with Gasteiger partial charge in [-0.2, -0.15) is 5.10 Å². The first-order valence-electron chi connectivity index (χ1n) is 7.82. The largest absolute Gasteiger partial charge is 0.373 e. The van der Waals surface area contributed by atoms with Crippen molar-refractivity contribution in [1.29, 1.82) is 0 Å². The summed E-state index contributed by atoms with van der Waals surface area (Å²) in [7, 11) is 0. The van der Waals surface area contributed by atoms with Crippen molar-refractivity contribution < 1.29 is 4.74 Å². The number of nitrogens with one attached hydrogen (secondary N) is 1. The van der Waals surface area contributed by atoms with Crippen LogP contribution in [0.1, 0.15) is 37.9 Å². The Morgan fingerprint density at radius 2 is 2.19 bits per heavy atom. The van der Waals surface area contributed by atoms with E-state index in [4.69, 9.17) is 4.74 Å². The third kappa shape index (κ3) is 3.52. The van der Waals surface area contributed by atoms with Gasteiger partial charge in [0.15, 0.2) is 0 Å². The first kappa shape index (κ1) is 14.3. The maximum absolute atomic E-state index is 5.93. The van der Waals surface area contributed by atoms with Gasteiger partial charge in [-0.05, 0) is 37.9 Å². The molecule has 1 fully saturated rings. The van der Waals surface area contributed by atoms with Gasteiger partial charge in [-0.3, -0.25) is 0 Å². The summed E-state index contributed by atoms with van der Waals surface area (Å²) < 4.78 is 7.85. The lowest BCUT2D eigenvalue weighted by molar-refractivity contribution is 0.000340. The van der Waals surface area contributed by atoms with Gasteiger partial charge in [0.05, 0.1) is 18.0 Å². The van der Waals surface area contributed by atoms with Gasteiger partial charge < -0.3 is 10.1 Å².